The van der Waals surface area contributed by atoms with Gasteiger partial charge in [-0.1, -0.05) is 53.2 Å². The molecule has 1 saturated heterocycles. The van der Waals surface area contributed by atoms with Crippen LogP contribution in [0.15, 0.2) is 72.8 Å². The number of hydrogen-bond acceptors (Lipinski definition) is 4. The fourth-order valence-electron chi connectivity index (χ4n) is 3.93. The van der Waals surface area contributed by atoms with E-state index in [1.165, 1.54) is 0 Å². The Hall–Kier alpha value is -3.91. The second kappa shape index (κ2) is 8.91. The summed E-state index contributed by atoms with van der Waals surface area (Å²) in [5.74, 6) is -0.130. The average Bonchev–Trinajstić information content (AvgIpc) is 3.44. The van der Waals surface area contributed by atoms with E-state index in [0.717, 1.165) is 27.8 Å². The van der Waals surface area contributed by atoms with E-state index in [1.54, 1.807) is 15.6 Å². The van der Waals surface area contributed by atoms with E-state index >= 15 is 0 Å². The third-order valence-electron chi connectivity index (χ3n) is 5.62. The second-order valence-electron chi connectivity index (χ2n) is 7.84. The Morgan fingerprint density at radius 3 is 2.67 bits per heavy atom. The summed E-state index contributed by atoms with van der Waals surface area (Å²) >= 11 is 6.17. The number of nitrogens with zero attached hydrogens (tertiary/aromatic N) is 4. The lowest BCUT2D eigenvalue weighted by molar-refractivity contribution is -0.119. The van der Waals surface area contributed by atoms with Crippen molar-refractivity contribution in [2.24, 2.45) is 0 Å². The third kappa shape index (κ3) is 4.51. The maximum Gasteiger partial charge on any atom is 0.315 e. The van der Waals surface area contributed by atoms with Crippen molar-refractivity contribution >= 4 is 40.3 Å². The van der Waals surface area contributed by atoms with E-state index in [4.69, 9.17) is 11.6 Å². The molecule has 1 aromatic heterocycles. The number of fused-ring (bicyclic) bond motifs is 1. The normalized spacial score (nSPS) is 15.3. The summed E-state index contributed by atoms with van der Waals surface area (Å²) in [5.41, 5.74) is 4.16. The van der Waals surface area contributed by atoms with Gasteiger partial charge in [-0.2, -0.15) is 0 Å². The van der Waals surface area contributed by atoms with E-state index in [0.29, 0.717) is 18.1 Å². The molecule has 166 valence electrons. The number of anilines is 1. The van der Waals surface area contributed by atoms with E-state index in [2.05, 4.69) is 20.9 Å². The predicted octanol–water partition coefficient (Wildman–Crippen LogP) is 3.67. The number of carbonyl (C=O) groups is 2. The molecule has 0 radical (unpaired) electrons. The van der Waals surface area contributed by atoms with Gasteiger partial charge in [0.2, 0.25) is 5.91 Å². The van der Waals surface area contributed by atoms with E-state index in [9.17, 15) is 9.59 Å². The molecule has 2 N–H and O–H groups in total. The van der Waals surface area contributed by atoms with Gasteiger partial charge in [0.15, 0.2) is 0 Å². The van der Waals surface area contributed by atoms with Crippen LogP contribution in [0.25, 0.3) is 11.0 Å². The zero-order chi connectivity index (χ0) is 22.8. The fraction of sp³-hybridized carbons (Fsp3) is 0.167. The van der Waals surface area contributed by atoms with Crippen LogP contribution >= 0.6 is 11.6 Å². The summed E-state index contributed by atoms with van der Waals surface area (Å²) in [5, 5.41) is 14.5. The lowest BCUT2D eigenvalue weighted by Crippen LogP contribution is -2.33. The summed E-state index contributed by atoms with van der Waals surface area (Å²) in [6.07, 6.45) is 0. The molecule has 33 heavy (non-hydrogen) atoms. The van der Waals surface area contributed by atoms with Crippen molar-refractivity contribution in [1.82, 2.24) is 25.6 Å². The summed E-state index contributed by atoms with van der Waals surface area (Å²) in [7, 11) is 0. The zero-order valence-corrected chi connectivity index (χ0v) is 18.4. The van der Waals surface area contributed by atoms with E-state index in [-0.39, 0.29) is 24.5 Å². The van der Waals surface area contributed by atoms with Gasteiger partial charge in [0.25, 0.3) is 0 Å². The summed E-state index contributed by atoms with van der Waals surface area (Å²) in [6.45, 7) is 0.932. The average molecular weight is 461 g/mol. The Morgan fingerprint density at radius 2 is 1.91 bits per heavy atom. The van der Waals surface area contributed by atoms with Gasteiger partial charge < -0.3 is 15.5 Å². The van der Waals surface area contributed by atoms with Crippen molar-refractivity contribution in [3.63, 3.8) is 0 Å². The van der Waals surface area contributed by atoms with Gasteiger partial charge in [-0.15, -0.1) is 5.10 Å². The van der Waals surface area contributed by atoms with Crippen LogP contribution in [0.3, 0.4) is 0 Å². The minimum Gasteiger partial charge on any atom is -0.336 e. The first-order chi connectivity index (χ1) is 16.1. The molecule has 9 heteroatoms. The molecule has 5 rings (SSSR count). The van der Waals surface area contributed by atoms with Gasteiger partial charge in [-0.05, 0) is 47.5 Å². The number of rotatable bonds is 6. The number of amides is 3. The number of hydrogen-bond donors (Lipinski definition) is 2. The molecule has 0 aliphatic carbocycles. The highest BCUT2D eigenvalue weighted by atomic mass is 35.5. The lowest BCUT2D eigenvalue weighted by Gasteiger charge is -2.24. The molecule has 2 heterocycles. The van der Waals surface area contributed by atoms with Crippen LogP contribution < -0.4 is 15.5 Å². The molecular weight excluding hydrogens is 440 g/mol. The minimum atomic E-state index is -0.179. The number of nitrogens with one attached hydrogen (secondary N) is 2. The second-order valence-corrected chi connectivity index (χ2v) is 8.28. The monoisotopic (exact) mass is 460 g/mol. The molecular formula is C24H21ClN6O2. The number of halogens is 1. The maximum absolute atomic E-state index is 13.5. The van der Waals surface area contributed by atoms with Crippen molar-refractivity contribution in [1.29, 1.82) is 0 Å². The van der Waals surface area contributed by atoms with Gasteiger partial charge in [0.05, 0.1) is 18.1 Å². The highest BCUT2D eigenvalue weighted by Gasteiger charge is 2.23. The van der Waals surface area contributed by atoms with Crippen LogP contribution in [-0.4, -0.2) is 33.5 Å². The highest BCUT2D eigenvalue weighted by molar-refractivity contribution is 6.30. The zero-order valence-electron chi connectivity index (χ0n) is 17.6. The smallest absolute Gasteiger partial charge is 0.315 e. The fourth-order valence-corrected chi connectivity index (χ4v) is 4.14. The Kier molecular flexibility index (Phi) is 5.66. The Bertz CT molecular complexity index is 1320. The van der Waals surface area contributed by atoms with Crippen molar-refractivity contribution < 1.29 is 9.59 Å². The van der Waals surface area contributed by atoms with Crippen LogP contribution in [0, 0.1) is 0 Å². The minimum absolute atomic E-state index is 0.0471. The first-order valence-corrected chi connectivity index (χ1v) is 10.9. The Morgan fingerprint density at radius 1 is 1.09 bits per heavy atom. The summed E-state index contributed by atoms with van der Waals surface area (Å²) in [6, 6.07) is 22.4. The Labute approximate surface area is 195 Å². The number of carbonyl (C=O) groups excluding carboxylic acids is 2. The van der Waals surface area contributed by atoms with Crippen molar-refractivity contribution in [2.75, 3.05) is 11.4 Å². The van der Waals surface area contributed by atoms with Crippen molar-refractivity contribution in [2.45, 2.75) is 19.1 Å². The standard InChI is InChI=1S/C24H21ClN6O2/c25-18-5-3-4-16(12-18)14-30(19-10-8-17(9-11-19)21-13-26-24(33)27-21)23(32)15-31-22-7-2-1-6-20(22)28-29-31/h1-12,21H,13-15H2,(H2,26,27,33). The van der Waals surface area contributed by atoms with Gasteiger partial charge >= 0.3 is 6.03 Å². The first-order valence-electron chi connectivity index (χ1n) is 10.5. The van der Waals surface area contributed by atoms with Crippen LogP contribution in [-0.2, 0) is 17.9 Å². The molecule has 0 spiro atoms. The van der Waals surface area contributed by atoms with Crippen LogP contribution in [0.2, 0.25) is 5.02 Å². The third-order valence-corrected chi connectivity index (χ3v) is 5.85. The predicted molar refractivity (Wildman–Crippen MR) is 126 cm³/mol. The molecule has 3 amide bonds. The number of aromatic nitrogens is 3. The molecule has 4 aromatic rings. The van der Waals surface area contributed by atoms with E-state index < -0.39 is 0 Å². The summed E-state index contributed by atoms with van der Waals surface area (Å²) in [4.78, 5) is 26.6. The number of para-hydroxylation sites is 1. The molecule has 0 saturated carbocycles. The molecule has 1 atom stereocenters. The maximum atomic E-state index is 13.5. The summed E-state index contributed by atoms with van der Waals surface area (Å²) < 4.78 is 1.61. The van der Waals surface area contributed by atoms with Crippen molar-refractivity contribution in [3.05, 3.63) is 88.9 Å². The molecule has 3 aromatic carbocycles. The quantitative estimate of drug-likeness (QED) is 0.459. The molecule has 1 aliphatic rings. The topological polar surface area (TPSA) is 92.2 Å². The molecule has 0 bridgehead atoms. The molecule has 1 aliphatic heterocycles. The molecule has 8 nitrogen and oxygen atoms in total. The highest BCUT2D eigenvalue weighted by Crippen LogP contribution is 2.24. The van der Waals surface area contributed by atoms with Gasteiger partial charge in [0.1, 0.15) is 12.1 Å². The number of benzene rings is 3. The van der Waals surface area contributed by atoms with Crippen molar-refractivity contribution in [3.8, 4) is 0 Å². The van der Waals surface area contributed by atoms with Crippen LogP contribution in [0.1, 0.15) is 17.2 Å². The Balaban J connectivity index is 1.43. The van der Waals surface area contributed by atoms with Gasteiger partial charge in [-0.25, -0.2) is 9.48 Å². The van der Waals surface area contributed by atoms with Crippen LogP contribution in [0.4, 0.5) is 10.5 Å². The molecule has 1 unspecified atom stereocenters. The van der Waals surface area contributed by atoms with E-state index in [1.807, 2.05) is 66.7 Å². The first kappa shape index (κ1) is 21.0. The molecule has 1 fully saturated rings. The largest absolute Gasteiger partial charge is 0.336 e. The van der Waals surface area contributed by atoms with Gasteiger partial charge in [0, 0.05) is 17.3 Å². The van der Waals surface area contributed by atoms with Gasteiger partial charge in [-0.3, -0.25) is 4.79 Å². The number of urea groups is 1. The van der Waals surface area contributed by atoms with Crippen LogP contribution in [0.5, 0.6) is 0 Å². The SMILES string of the molecule is O=C1NCC(c2ccc(N(Cc3cccc(Cl)c3)C(=O)Cn3nnc4ccccc43)cc2)N1. The lowest BCUT2D eigenvalue weighted by atomic mass is 10.1.